The van der Waals surface area contributed by atoms with Crippen molar-refractivity contribution in [1.82, 2.24) is 9.97 Å². The number of aromatic nitrogens is 2. The molecule has 11 rings (SSSR count). The fourth-order valence-corrected chi connectivity index (χ4v) is 8.53. The third-order valence-electron chi connectivity index (χ3n) is 9.87. The van der Waals surface area contributed by atoms with Gasteiger partial charge < -0.3 is 0 Å². The minimum atomic E-state index is 0.706. The Morgan fingerprint density at radius 2 is 0.980 bits per heavy atom. The summed E-state index contributed by atoms with van der Waals surface area (Å²) >= 11 is 1.86. The van der Waals surface area contributed by atoms with Gasteiger partial charge in [-0.2, -0.15) is 0 Å². The smallest absolute Gasteiger partial charge is 0.160 e. The van der Waals surface area contributed by atoms with Crippen LogP contribution in [0.25, 0.3) is 87.5 Å². The highest BCUT2D eigenvalue weighted by Gasteiger charge is 2.21. The third-order valence-corrected chi connectivity index (χ3v) is 11.0. The van der Waals surface area contributed by atoms with Gasteiger partial charge in [0.05, 0.1) is 11.4 Å². The van der Waals surface area contributed by atoms with Crippen LogP contribution in [0.4, 0.5) is 0 Å². The van der Waals surface area contributed by atoms with Crippen molar-refractivity contribution in [2.75, 3.05) is 0 Å². The van der Waals surface area contributed by atoms with Crippen molar-refractivity contribution in [3.63, 3.8) is 0 Å². The summed E-state index contributed by atoms with van der Waals surface area (Å²) in [5.41, 5.74) is 14.8. The van der Waals surface area contributed by atoms with Gasteiger partial charge in [0.15, 0.2) is 5.82 Å². The number of fused-ring (bicyclic) bond motifs is 2. The van der Waals surface area contributed by atoms with Gasteiger partial charge >= 0.3 is 0 Å². The maximum Gasteiger partial charge on any atom is 0.160 e. The van der Waals surface area contributed by atoms with Crippen LogP contribution in [0.5, 0.6) is 0 Å². The SMILES string of the molecule is c1ccc(-c2cc3cc(c2)-c2cccc4sc5ccc(cc5c24)-c2nc(-c4ccccc4)nc(-c4ccccc4)c2Cc2ccc-3cc2)cc1. The van der Waals surface area contributed by atoms with E-state index in [0.29, 0.717) is 6.42 Å². The lowest BCUT2D eigenvalue weighted by molar-refractivity contribution is 1.09. The minimum absolute atomic E-state index is 0.706. The zero-order valence-corrected chi connectivity index (χ0v) is 28.0. The Kier molecular flexibility index (Phi) is 6.78. The molecule has 2 aromatic heterocycles. The molecule has 6 bridgehead atoms. The van der Waals surface area contributed by atoms with Crippen LogP contribution in [0.2, 0.25) is 0 Å². The number of rotatable bonds is 3. The van der Waals surface area contributed by atoms with Crippen LogP contribution in [0.1, 0.15) is 11.1 Å². The van der Waals surface area contributed by atoms with Crippen LogP contribution in [0, 0.1) is 0 Å². The lowest BCUT2D eigenvalue weighted by Crippen LogP contribution is -2.04. The third kappa shape index (κ3) is 4.94. The van der Waals surface area contributed by atoms with E-state index < -0.39 is 0 Å². The Morgan fingerprint density at radius 3 is 1.68 bits per heavy atom. The summed E-state index contributed by atoms with van der Waals surface area (Å²) in [7, 11) is 0. The average molecular weight is 655 g/mol. The standard InChI is InChI=1S/C47H30N2S/c1-4-11-31(12-5-1)36-26-37-28-38(27-36)39-17-10-18-43-44(39)40-29-35(23-24-42(40)50-43)46-41(25-30-19-21-32(37)22-20-30)45(33-13-6-2-7-14-33)48-47(49-46)34-15-8-3-9-16-34/h1-24,26-29H,25H2. The van der Waals surface area contributed by atoms with E-state index in [4.69, 9.17) is 9.97 Å². The molecule has 0 atom stereocenters. The quantitative estimate of drug-likeness (QED) is 0.189. The number of nitrogens with zero attached hydrogens (tertiary/aromatic N) is 2. The molecular formula is C47H30N2S. The van der Waals surface area contributed by atoms with Gasteiger partial charge in [-0.05, 0) is 75.3 Å². The Bertz CT molecular complexity index is 2690. The molecule has 2 nitrogen and oxygen atoms in total. The Labute approximate surface area is 295 Å². The predicted molar refractivity (Wildman–Crippen MR) is 210 cm³/mol. The molecule has 0 spiro atoms. The average Bonchev–Trinajstić information content (AvgIpc) is 3.57. The van der Waals surface area contributed by atoms with E-state index in [1.807, 2.05) is 17.4 Å². The zero-order valence-electron chi connectivity index (χ0n) is 27.2. The summed E-state index contributed by atoms with van der Waals surface area (Å²) in [5, 5.41) is 2.54. The molecule has 2 heterocycles. The minimum Gasteiger partial charge on any atom is -0.228 e. The molecule has 9 aromatic rings. The van der Waals surface area contributed by atoms with Crippen molar-refractivity contribution in [1.29, 1.82) is 0 Å². The molecule has 0 radical (unpaired) electrons. The van der Waals surface area contributed by atoms with E-state index in [-0.39, 0.29) is 0 Å². The molecule has 7 aromatic carbocycles. The van der Waals surface area contributed by atoms with Crippen molar-refractivity contribution in [2.45, 2.75) is 6.42 Å². The topological polar surface area (TPSA) is 25.8 Å². The maximum atomic E-state index is 5.40. The molecule has 50 heavy (non-hydrogen) atoms. The Balaban J connectivity index is 1.31. The lowest BCUT2D eigenvalue weighted by Gasteiger charge is -2.17. The Morgan fingerprint density at radius 1 is 0.400 bits per heavy atom. The zero-order chi connectivity index (χ0) is 33.0. The van der Waals surface area contributed by atoms with Gasteiger partial charge in [-0.25, -0.2) is 9.97 Å². The van der Waals surface area contributed by atoms with Crippen LogP contribution in [-0.2, 0) is 6.42 Å². The number of hydrogen-bond donors (Lipinski definition) is 0. The van der Waals surface area contributed by atoms with E-state index in [0.717, 1.165) is 39.5 Å². The molecule has 0 unspecified atom stereocenters. The monoisotopic (exact) mass is 654 g/mol. The Hall–Kier alpha value is -6.16. The summed E-state index contributed by atoms with van der Waals surface area (Å²) in [4.78, 5) is 10.7. The summed E-state index contributed by atoms with van der Waals surface area (Å²) < 4.78 is 2.56. The highest BCUT2D eigenvalue weighted by atomic mass is 32.1. The van der Waals surface area contributed by atoms with Gasteiger partial charge in [-0.15, -0.1) is 11.3 Å². The molecule has 2 aliphatic carbocycles. The fourth-order valence-electron chi connectivity index (χ4n) is 7.42. The van der Waals surface area contributed by atoms with E-state index in [9.17, 15) is 0 Å². The van der Waals surface area contributed by atoms with Gasteiger partial charge in [0, 0.05) is 48.8 Å². The van der Waals surface area contributed by atoms with Crippen LogP contribution in [-0.4, -0.2) is 9.97 Å². The van der Waals surface area contributed by atoms with Crippen molar-refractivity contribution < 1.29 is 0 Å². The molecule has 234 valence electrons. The van der Waals surface area contributed by atoms with E-state index >= 15 is 0 Å². The van der Waals surface area contributed by atoms with Crippen LogP contribution >= 0.6 is 11.3 Å². The normalized spacial score (nSPS) is 11.9. The van der Waals surface area contributed by atoms with Crippen molar-refractivity contribution in [3.8, 4) is 67.3 Å². The molecule has 0 saturated carbocycles. The second-order valence-corrected chi connectivity index (χ2v) is 14.1. The van der Waals surface area contributed by atoms with Crippen LogP contribution < -0.4 is 0 Å². The molecule has 0 amide bonds. The maximum absolute atomic E-state index is 5.40. The highest BCUT2D eigenvalue weighted by Crippen LogP contribution is 2.44. The molecular weight excluding hydrogens is 625 g/mol. The van der Waals surface area contributed by atoms with Crippen LogP contribution in [0.15, 0.2) is 170 Å². The van der Waals surface area contributed by atoms with E-state index in [1.165, 1.54) is 59.1 Å². The molecule has 0 N–H and O–H groups in total. The molecule has 0 fully saturated rings. The summed E-state index contributed by atoms with van der Waals surface area (Å²) in [5.74, 6) is 0.733. The lowest BCUT2D eigenvalue weighted by atomic mass is 9.91. The van der Waals surface area contributed by atoms with Gasteiger partial charge in [0.25, 0.3) is 0 Å². The first-order valence-electron chi connectivity index (χ1n) is 17.0. The fraction of sp³-hybridized carbons (Fsp3) is 0.0213. The molecule has 2 aliphatic rings. The first-order chi connectivity index (χ1) is 24.7. The predicted octanol–water partition coefficient (Wildman–Crippen LogP) is 12.8. The van der Waals surface area contributed by atoms with Crippen molar-refractivity contribution in [2.24, 2.45) is 0 Å². The first kappa shape index (κ1) is 28.8. The second kappa shape index (κ2) is 11.8. The largest absolute Gasteiger partial charge is 0.228 e. The van der Waals surface area contributed by atoms with E-state index in [1.54, 1.807) is 0 Å². The summed E-state index contributed by atoms with van der Waals surface area (Å²) in [6, 6.07) is 61.4. The summed E-state index contributed by atoms with van der Waals surface area (Å²) in [6.45, 7) is 0. The van der Waals surface area contributed by atoms with Crippen molar-refractivity contribution in [3.05, 3.63) is 181 Å². The molecule has 0 saturated heterocycles. The number of thiophene rings is 1. The van der Waals surface area contributed by atoms with Gasteiger partial charge in [0.2, 0.25) is 0 Å². The molecule has 0 aliphatic heterocycles. The number of benzene rings is 7. The van der Waals surface area contributed by atoms with Crippen molar-refractivity contribution >= 4 is 31.5 Å². The second-order valence-electron chi connectivity index (χ2n) is 13.0. The number of hydrogen-bond acceptors (Lipinski definition) is 3. The van der Waals surface area contributed by atoms with E-state index in [2.05, 4.69) is 164 Å². The van der Waals surface area contributed by atoms with Gasteiger partial charge in [-0.3, -0.25) is 0 Å². The summed E-state index contributed by atoms with van der Waals surface area (Å²) in [6.07, 6.45) is 0.706. The highest BCUT2D eigenvalue weighted by molar-refractivity contribution is 7.26. The van der Waals surface area contributed by atoms with Crippen LogP contribution in [0.3, 0.4) is 0 Å². The van der Waals surface area contributed by atoms with Gasteiger partial charge in [0.1, 0.15) is 0 Å². The molecule has 3 heteroatoms. The first-order valence-corrected chi connectivity index (χ1v) is 17.8. The van der Waals surface area contributed by atoms with Gasteiger partial charge in [-0.1, -0.05) is 133 Å².